The highest BCUT2D eigenvalue weighted by molar-refractivity contribution is 5.98. The number of benzene rings is 3. The zero-order valence-electron chi connectivity index (χ0n) is 21.8. The van der Waals surface area contributed by atoms with Crippen molar-refractivity contribution in [2.45, 2.75) is 51.6 Å². The highest BCUT2D eigenvalue weighted by Crippen LogP contribution is 2.24. The number of primary amides is 1. The topological polar surface area (TPSA) is 108 Å². The fraction of sp³-hybridized carbons (Fsp3) is 0.300. The van der Waals surface area contributed by atoms with E-state index < -0.39 is 29.4 Å². The Morgan fingerprint density at radius 1 is 0.974 bits per heavy atom. The predicted octanol–water partition coefficient (Wildman–Crippen LogP) is 4.82. The Bertz CT molecular complexity index is 1260. The maximum atomic E-state index is 13.3. The molecule has 0 aliphatic rings. The van der Waals surface area contributed by atoms with Crippen LogP contribution in [-0.4, -0.2) is 36.0 Å². The molecular formula is C30H33FN2O5. The van der Waals surface area contributed by atoms with Gasteiger partial charge in [0.2, 0.25) is 5.91 Å². The standard InChI is InChI=1S/C30H33FN2O5/c1-4-37-25-7-5-6-23(18-25)21-10-12-22(13-11-21)28(35)38-29(36)26(16-17-27(32)34)33-30(2,3)19-20-8-14-24(31)15-9-20/h5-15,18,26,33H,4,16-17,19H2,1-3H3,(H2,32,34)/t26-/m0/s1. The molecule has 0 aromatic heterocycles. The Hall–Kier alpha value is -4.04. The van der Waals surface area contributed by atoms with Crippen molar-refractivity contribution in [3.8, 4) is 16.9 Å². The molecule has 1 atom stereocenters. The molecular weight excluding hydrogens is 487 g/mol. The van der Waals surface area contributed by atoms with Crippen LogP contribution in [0.2, 0.25) is 0 Å². The molecule has 0 heterocycles. The summed E-state index contributed by atoms with van der Waals surface area (Å²) in [5.74, 6) is -1.77. The van der Waals surface area contributed by atoms with E-state index in [4.69, 9.17) is 15.2 Å². The summed E-state index contributed by atoms with van der Waals surface area (Å²) in [4.78, 5) is 37.1. The number of carbonyl (C=O) groups excluding carboxylic acids is 3. The molecule has 0 radical (unpaired) electrons. The van der Waals surface area contributed by atoms with Crippen LogP contribution in [0.5, 0.6) is 5.75 Å². The number of rotatable bonds is 12. The van der Waals surface area contributed by atoms with Crippen molar-refractivity contribution in [1.29, 1.82) is 0 Å². The lowest BCUT2D eigenvalue weighted by molar-refractivity contribution is -0.141. The average Bonchev–Trinajstić information content (AvgIpc) is 2.88. The summed E-state index contributed by atoms with van der Waals surface area (Å²) in [7, 11) is 0. The number of esters is 2. The van der Waals surface area contributed by atoms with E-state index >= 15 is 0 Å². The zero-order chi connectivity index (χ0) is 27.7. The number of amides is 1. The van der Waals surface area contributed by atoms with E-state index in [2.05, 4.69) is 5.32 Å². The van der Waals surface area contributed by atoms with Gasteiger partial charge in [-0.2, -0.15) is 0 Å². The molecule has 0 aliphatic heterocycles. The molecule has 3 aromatic carbocycles. The SMILES string of the molecule is CCOc1cccc(-c2ccc(C(=O)OC(=O)[C@H](CCC(N)=O)NC(C)(C)Cc3ccc(F)cc3)cc2)c1. The summed E-state index contributed by atoms with van der Waals surface area (Å²) >= 11 is 0. The van der Waals surface area contributed by atoms with Gasteiger partial charge in [0.25, 0.3) is 0 Å². The Morgan fingerprint density at radius 3 is 2.29 bits per heavy atom. The number of carbonyl (C=O) groups is 3. The zero-order valence-corrected chi connectivity index (χ0v) is 21.8. The molecule has 3 N–H and O–H groups in total. The molecule has 3 aromatic rings. The first-order chi connectivity index (χ1) is 18.1. The van der Waals surface area contributed by atoms with Gasteiger partial charge in [0.05, 0.1) is 12.2 Å². The minimum absolute atomic E-state index is 0.0589. The predicted molar refractivity (Wildman–Crippen MR) is 143 cm³/mol. The lowest BCUT2D eigenvalue weighted by atomic mass is 9.93. The van der Waals surface area contributed by atoms with E-state index in [1.165, 1.54) is 12.1 Å². The molecule has 8 heteroatoms. The van der Waals surface area contributed by atoms with Crippen LogP contribution >= 0.6 is 0 Å². The monoisotopic (exact) mass is 520 g/mol. The molecule has 0 spiro atoms. The Balaban J connectivity index is 1.68. The Kier molecular flexibility index (Phi) is 9.73. The van der Waals surface area contributed by atoms with Crippen molar-refractivity contribution in [3.05, 3.63) is 89.7 Å². The number of nitrogens with two attached hydrogens (primary N) is 1. The highest BCUT2D eigenvalue weighted by Gasteiger charge is 2.30. The van der Waals surface area contributed by atoms with Gasteiger partial charge >= 0.3 is 11.9 Å². The lowest BCUT2D eigenvalue weighted by Crippen LogP contribution is -2.51. The largest absolute Gasteiger partial charge is 0.494 e. The van der Waals surface area contributed by atoms with E-state index in [1.807, 2.05) is 45.0 Å². The van der Waals surface area contributed by atoms with Crippen molar-refractivity contribution < 1.29 is 28.2 Å². The quantitative estimate of drug-likeness (QED) is 0.262. The van der Waals surface area contributed by atoms with Crippen LogP contribution in [0.1, 0.15) is 49.5 Å². The third-order valence-electron chi connectivity index (χ3n) is 5.88. The number of ether oxygens (including phenoxy) is 2. The first-order valence-electron chi connectivity index (χ1n) is 12.5. The van der Waals surface area contributed by atoms with Crippen LogP contribution in [0.15, 0.2) is 72.8 Å². The number of hydrogen-bond acceptors (Lipinski definition) is 6. The smallest absolute Gasteiger partial charge is 0.345 e. The highest BCUT2D eigenvalue weighted by atomic mass is 19.1. The molecule has 200 valence electrons. The normalized spacial score (nSPS) is 12.0. The molecule has 0 saturated heterocycles. The van der Waals surface area contributed by atoms with Crippen LogP contribution in [0.25, 0.3) is 11.1 Å². The summed E-state index contributed by atoms with van der Waals surface area (Å²) in [6.45, 7) is 6.19. The summed E-state index contributed by atoms with van der Waals surface area (Å²) in [5, 5.41) is 3.17. The molecule has 7 nitrogen and oxygen atoms in total. The molecule has 0 saturated carbocycles. The maximum absolute atomic E-state index is 13.3. The van der Waals surface area contributed by atoms with Gasteiger partial charge in [-0.1, -0.05) is 36.4 Å². The molecule has 0 fully saturated rings. The third-order valence-corrected chi connectivity index (χ3v) is 5.88. The number of nitrogens with one attached hydrogen (secondary N) is 1. The number of hydrogen-bond donors (Lipinski definition) is 2. The van der Waals surface area contributed by atoms with Crippen LogP contribution in [-0.2, 0) is 20.7 Å². The van der Waals surface area contributed by atoms with E-state index in [0.29, 0.717) is 13.0 Å². The van der Waals surface area contributed by atoms with E-state index in [0.717, 1.165) is 22.4 Å². The fourth-order valence-electron chi connectivity index (χ4n) is 4.12. The molecule has 38 heavy (non-hydrogen) atoms. The minimum atomic E-state index is -0.956. The van der Waals surface area contributed by atoms with Gasteiger partial charge < -0.3 is 15.2 Å². The van der Waals surface area contributed by atoms with E-state index in [9.17, 15) is 18.8 Å². The van der Waals surface area contributed by atoms with Gasteiger partial charge in [0.15, 0.2) is 0 Å². The molecule has 0 unspecified atom stereocenters. The maximum Gasteiger partial charge on any atom is 0.345 e. The Labute approximate surface area is 222 Å². The fourth-order valence-corrected chi connectivity index (χ4v) is 4.12. The van der Waals surface area contributed by atoms with Gasteiger partial charge in [-0.3, -0.25) is 10.1 Å². The molecule has 0 bridgehead atoms. The summed E-state index contributed by atoms with van der Waals surface area (Å²) in [6, 6.07) is 19.4. The summed E-state index contributed by atoms with van der Waals surface area (Å²) in [6.07, 6.45) is 0.458. The van der Waals surface area contributed by atoms with Gasteiger partial charge in [0, 0.05) is 12.0 Å². The van der Waals surface area contributed by atoms with Crippen molar-refractivity contribution in [1.82, 2.24) is 5.32 Å². The number of halogens is 1. The van der Waals surface area contributed by atoms with E-state index in [1.54, 1.807) is 36.4 Å². The van der Waals surface area contributed by atoms with Crippen LogP contribution in [0.3, 0.4) is 0 Å². The first kappa shape index (κ1) is 28.5. The van der Waals surface area contributed by atoms with Crippen LogP contribution in [0.4, 0.5) is 4.39 Å². The van der Waals surface area contributed by atoms with Gasteiger partial charge in [-0.15, -0.1) is 0 Å². The molecule has 0 aliphatic carbocycles. The van der Waals surface area contributed by atoms with Crippen molar-refractivity contribution in [3.63, 3.8) is 0 Å². The summed E-state index contributed by atoms with van der Waals surface area (Å²) < 4.78 is 24.0. The van der Waals surface area contributed by atoms with Crippen LogP contribution < -0.4 is 15.8 Å². The van der Waals surface area contributed by atoms with E-state index in [-0.39, 0.29) is 24.2 Å². The molecule has 3 rings (SSSR count). The third kappa shape index (κ3) is 8.52. The second kappa shape index (κ2) is 13.0. The van der Waals surface area contributed by atoms with Crippen molar-refractivity contribution >= 4 is 17.8 Å². The van der Waals surface area contributed by atoms with Gasteiger partial charge in [0.1, 0.15) is 17.6 Å². The van der Waals surface area contributed by atoms with Gasteiger partial charge in [-0.25, -0.2) is 14.0 Å². The second-order valence-corrected chi connectivity index (χ2v) is 9.64. The summed E-state index contributed by atoms with van der Waals surface area (Å²) in [5.41, 5.74) is 7.52. The Morgan fingerprint density at radius 2 is 1.66 bits per heavy atom. The lowest BCUT2D eigenvalue weighted by Gasteiger charge is -2.31. The average molecular weight is 521 g/mol. The van der Waals surface area contributed by atoms with Crippen LogP contribution in [0, 0.1) is 5.82 Å². The first-order valence-corrected chi connectivity index (χ1v) is 12.5. The van der Waals surface area contributed by atoms with Crippen molar-refractivity contribution in [2.75, 3.05) is 6.61 Å². The van der Waals surface area contributed by atoms with Crippen molar-refractivity contribution in [2.24, 2.45) is 5.73 Å². The molecule has 1 amide bonds. The minimum Gasteiger partial charge on any atom is -0.494 e. The second-order valence-electron chi connectivity index (χ2n) is 9.64. The van der Waals surface area contributed by atoms with Gasteiger partial charge in [-0.05, 0) is 86.7 Å².